The minimum absolute atomic E-state index is 0.0321. The Bertz CT molecular complexity index is 1010. The third kappa shape index (κ3) is 42.1. The summed E-state index contributed by atoms with van der Waals surface area (Å²) in [4.78, 5) is 37.6. The molecule has 9 nitrogen and oxygen atoms in total. The van der Waals surface area contributed by atoms with E-state index in [4.69, 9.17) is 18.5 Å². The molecule has 0 saturated heterocycles. The number of phosphoric acid groups is 1. The number of nitrogens with zero attached hydrogens (tertiary/aromatic N) is 1. The first kappa shape index (κ1) is 54.5. The maximum Gasteiger partial charge on any atom is 0.306 e. The molecule has 0 amide bonds. The average molecular weight is 814 g/mol. The predicted molar refractivity (Wildman–Crippen MR) is 231 cm³/mol. The molecule has 10 heteroatoms. The Morgan fingerprint density at radius 2 is 0.911 bits per heavy atom. The molecule has 0 rings (SSSR count). The second-order valence-electron chi connectivity index (χ2n) is 16.8. The van der Waals surface area contributed by atoms with E-state index in [0.717, 1.165) is 44.9 Å². The summed E-state index contributed by atoms with van der Waals surface area (Å²) in [5.74, 6) is -0.849. The molecule has 0 heterocycles. The summed E-state index contributed by atoms with van der Waals surface area (Å²) in [5, 5.41) is 0. The van der Waals surface area contributed by atoms with E-state index in [1.54, 1.807) is 0 Å². The van der Waals surface area contributed by atoms with E-state index in [-0.39, 0.29) is 26.1 Å². The molecule has 0 fully saturated rings. The second kappa shape index (κ2) is 39.0. The van der Waals surface area contributed by atoms with E-state index in [9.17, 15) is 19.0 Å². The van der Waals surface area contributed by atoms with Crippen LogP contribution in [0.15, 0.2) is 24.3 Å². The van der Waals surface area contributed by atoms with Crippen LogP contribution in [0, 0.1) is 0 Å². The van der Waals surface area contributed by atoms with Crippen LogP contribution in [0.1, 0.15) is 206 Å². The Balaban J connectivity index is 4.34. The van der Waals surface area contributed by atoms with Gasteiger partial charge in [0.15, 0.2) is 6.10 Å². The van der Waals surface area contributed by atoms with Crippen LogP contribution in [0.3, 0.4) is 0 Å². The van der Waals surface area contributed by atoms with E-state index >= 15 is 0 Å². The van der Waals surface area contributed by atoms with Crippen molar-refractivity contribution in [3.05, 3.63) is 24.3 Å². The van der Waals surface area contributed by atoms with Gasteiger partial charge in [0.1, 0.15) is 19.8 Å². The number of hydrogen-bond donors (Lipinski definition) is 0. The highest BCUT2D eigenvalue weighted by molar-refractivity contribution is 7.45. The molecule has 0 aromatic heterocycles. The number of phosphoric ester groups is 1. The van der Waals surface area contributed by atoms with Gasteiger partial charge >= 0.3 is 11.9 Å². The molecule has 1 unspecified atom stereocenters. The number of carbonyl (C=O) groups is 2. The van der Waals surface area contributed by atoms with Gasteiger partial charge in [-0.3, -0.25) is 14.2 Å². The smallest absolute Gasteiger partial charge is 0.306 e. The third-order valence-corrected chi connectivity index (χ3v) is 10.9. The first-order valence-corrected chi connectivity index (χ1v) is 24.5. The molecule has 330 valence electrons. The van der Waals surface area contributed by atoms with Crippen molar-refractivity contribution in [1.29, 1.82) is 0 Å². The molecule has 0 aromatic carbocycles. The third-order valence-electron chi connectivity index (χ3n) is 9.94. The fraction of sp³-hybridized carbons (Fsp3) is 0.870. The Morgan fingerprint density at radius 1 is 0.536 bits per heavy atom. The lowest BCUT2D eigenvalue weighted by Gasteiger charge is -2.28. The van der Waals surface area contributed by atoms with Crippen molar-refractivity contribution >= 4 is 19.8 Å². The molecule has 0 aliphatic rings. The van der Waals surface area contributed by atoms with Crippen LogP contribution < -0.4 is 4.89 Å². The van der Waals surface area contributed by atoms with E-state index in [1.807, 2.05) is 21.1 Å². The minimum atomic E-state index is -4.63. The number of esters is 2. The van der Waals surface area contributed by atoms with Gasteiger partial charge in [0, 0.05) is 12.8 Å². The summed E-state index contributed by atoms with van der Waals surface area (Å²) >= 11 is 0. The summed E-state index contributed by atoms with van der Waals surface area (Å²) in [5.41, 5.74) is 0. The molecule has 0 spiro atoms. The van der Waals surface area contributed by atoms with Crippen molar-refractivity contribution in [2.75, 3.05) is 47.5 Å². The maximum atomic E-state index is 12.7. The van der Waals surface area contributed by atoms with Gasteiger partial charge in [-0.15, -0.1) is 0 Å². The van der Waals surface area contributed by atoms with Crippen molar-refractivity contribution < 1.29 is 42.1 Å². The Hall–Kier alpha value is -1.51. The summed E-state index contributed by atoms with van der Waals surface area (Å²) in [7, 11) is 1.16. The van der Waals surface area contributed by atoms with Gasteiger partial charge in [0.2, 0.25) is 0 Å². The zero-order valence-electron chi connectivity index (χ0n) is 37.1. The van der Waals surface area contributed by atoms with E-state index < -0.39 is 32.5 Å². The molecule has 0 radical (unpaired) electrons. The predicted octanol–water partition coefficient (Wildman–Crippen LogP) is 12.5. The summed E-state index contributed by atoms with van der Waals surface area (Å²) in [6.45, 7) is 4.21. The lowest BCUT2D eigenvalue weighted by molar-refractivity contribution is -0.870. The topological polar surface area (TPSA) is 111 Å². The lowest BCUT2D eigenvalue weighted by Crippen LogP contribution is -2.37. The fourth-order valence-electron chi connectivity index (χ4n) is 6.29. The van der Waals surface area contributed by atoms with Crippen LogP contribution in [0.4, 0.5) is 0 Å². The average Bonchev–Trinajstić information content (AvgIpc) is 3.15. The van der Waals surface area contributed by atoms with Crippen LogP contribution >= 0.6 is 7.82 Å². The molecule has 0 N–H and O–H groups in total. The van der Waals surface area contributed by atoms with Gasteiger partial charge in [-0.05, 0) is 64.2 Å². The number of carbonyl (C=O) groups excluding carboxylic acids is 2. The minimum Gasteiger partial charge on any atom is -0.756 e. The number of quaternary nitrogens is 1. The molecule has 0 aliphatic carbocycles. The van der Waals surface area contributed by atoms with Crippen LogP contribution in [-0.4, -0.2) is 70.0 Å². The molecule has 0 aromatic rings. The number of likely N-dealkylation sites (N-methyl/N-ethyl adjacent to an activating group) is 1. The van der Waals surface area contributed by atoms with Crippen molar-refractivity contribution in [2.45, 2.75) is 213 Å². The molecular formula is C46H88NO8P. The molecule has 56 heavy (non-hydrogen) atoms. The Kier molecular flexibility index (Phi) is 37.9. The van der Waals surface area contributed by atoms with Crippen LogP contribution in [0.2, 0.25) is 0 Å². The summed E-state index contributed by atoms with van der Waals surface area (Å²) in [6.07, 6.45) is 42.0. The Morgan fingerprint density at radius 3 is 1.36 bits per heavy atom. The summed E-state index contributed by atoms with van der Waals surface area (Å²) < 4.78 is 33.9. The van der Waals surface area contributed by atoms with Gasteiger partial charge in [0.25, 0.3) is 7.82 Å². The first-order chi connectivity index (χ1) is 27.0. The largest absolute Gasteiger partial charge is 0.756 e. The van der Waals surface area contributed by atoms with E-state index in [0.29, 0.717) is 23.9 Å². The first-order valence-electron chi connectivity index (χ1n) is 23.0. The molecule has 0 bridgehead atoms. The molecule has 2 atom stereocenters. The molecular weight excluding hydrogens is 725 g/mol. The molecule has 0 saturated carbocycles. The van der Waals surface area contributed by atoms with Gasteiger partial charge in [0.05, 0.1) is 27.7 Å². The normalized spacial score (nSPS) is 13.8. The van der Waals surface area contributed by atoms with Gasteiger partial charge in [-0.25, -0.2) is 0 Å². The number of ether oxygens (including phenoxy) is 2. The van der Waals surface area contributed by atoms with Gasteiger partial charge in [-0.2, -0.15) is 0 Å². The van der Waals surface area contributed by atoms with Crippen LogP contribution in [-0.2, 0) is 32.7 Å². The number of unbranched alkanes of at least 4 members (excludes halogenated alkanes) is 24. The van der Waals surface area contributed by atoms with Gasteiger partial charge < -0.3 is 27.9 Å². The molecule has 0 aliphatic heterocycles. The number of allylic oxidation sites excluding steroid dienone is 4. The van der Waals surface area contributed by atoms with Crippen molar-refractivity contribution in [2.24, 2.45) is 0 Å². The highest BCUT2D eigenvalue weighted by Crippen LogP contribution is 2.38. The van der Waals surface area contributed by atoms with E-state index in [2.05, 4.69) is 38.2 Å². The standard InChI is InChI=1S/C46H88NO8P/c1-6-8-10-12-14-16-18-20-22-23-25-27-29-31-33-35-37-39-46(49)55-44(43-54-56(50,51)53-41-40-47(3,4)5)42-52-45(48)38-36-34-32-30-28-26-24-21-19-17-15-13-11-9-7-2/h16,18,26,28,44H,6-15,17,19-25,27,29-43H2,1-5H3/b18-16+,28-26+/t44-/m1/s1. The Labute approximate surface area is 345 Å². The SMILES string of the molecule is CCCCCC/C=C/CCCCCCCCCCCC(=O)O[C@H](COC(=O)CCCCC/C=C/CCCCCCCCCC)COP(=O)([O-])OCC[N+](C)(C)C. The highest BCUT2D eigenvalue weighted by Gasteiger charge is 2.21. The quantitative estimate of drug-likeness (QED) is 0.0197. The van der Waals surface area contributed by atoms with E-state index in [1.165, 1.54) is 122 Å². The van der Waals surface area contributed by atoms with Crippen molar-refractivity contribution in [3.8, 4) is 0 Å². The highest BCUT2D eigenvalue weighted by atomic mass is 31.2. The summed E-state index contributed by atoms with van der Waals surface area (Å²) in [6, 6.07) is 0. The van der Waals surface area contributed by atoms with Crippen LogP contribution in [0.5, 0.6) is 0 Å². The number of rotatable bonds is 42. The maximum absolute atomic E-state index is 12.7. The van der Waals surface area contributed by atoms with Crippen molar-refractivity contribution in [1.82, 2.24) is 0 Å². The zero-order valence-corrected chi connectivity index (χ0v) is 38.0. The van der Waals surface area contributed by atoms with Crippen LogP contribution in [0.25, 0.3) is 0 Å². The number of hydrogen-bond acceptors (Lipinski definition) is 8. The van der Waals surface area contributed by atoms with Gasteiger partial charge in [-0.1, -0.05) is 154 Å². The second-order valence-corrected chi connectivity index (χ2v) is 18.2. The fourth-order valence-corrected chi connectivity index (χ4v) is 7.02. The van der Waals surface area contributed by atoms with Crippen molar-refractivity contribution in [3.63, 3.8) is 0 Å². The monoisotopic (exact) mass is 814 g/mol. The lowest BCUT2D eigenvalue weighted by atomic mass is 10.1. The zero-order chi connectivity index (χ0) is 41.4.